The average Bonchev–Trinajstić information content (AvgIpc) is 2.58. The predicted molar refractivity (Wildman–Crippen MR) is 81.4 cm³/mol. The number of carbonyl (C=O) groups excluding carboxylic acids is 1. The predicted octanol–water partition coefficient (Wildman–Crippen LogP) is 2.60. The van der Waals surface area contributed by atoms with Gasteiger partial charge < -0.3 is 14.1 Å². The van der Waals surface area contributed by atoms with Crippen molar-refractivity contribution in [3.8, 4) is 0 Å². The molecule has 1 aliphatic rings. The second-order valence-corrected chi connectivity index (χ2v) is 6.63. The summed E-state index contributed by atoms with van der Waals surface area (Å²) in [4.78, 5) is 11.0. The molecule has 20 heavy (non-hydrogen) atoms. The van der Waals surface area contributed by atoms with E-state index in [0.29, 0.717) is 0 Å². The molecule has 0 spiro atoms. The fourth-order valence-electron chi connectivity index (χ4n) is 2.35. The summed E-state index contributed by atoms with van der Waals surface area (Å²) in [5.74, 6) is -0.114. The van der Waals surface area contributed by atoms with E-state index in [1.54, 1.807) is 0 Å². The molecule has 1 aliphatic heterocycles. The molecule has 2 rings (SSSR count). The lowest BCUT2D eigenvalue weighted by Crippen LogP contribution is -2.41. The van der Waals surface area contributed by atoms with Gasteiger partial charge in [-0.05, 0) is 51.2 Å². The van der Waals surface area contributed by atoms with Crippen molar-refractivity contribution in [2.24, 2.45) is 0 Å². The van der Waals surface area contributed by atoms with Crippen LogP contribution in [0.4, 0.5) is 0 Å². The summed E-state index contributed by atoms with van der Waals surface area (Å²) in [7, 11) is -0.377. The maximum absolute atomic E-state index is 11.0. The van der Waals surface area contributed by atoms with E-state index in [9.17, 15) is 4.79 Å². The number of hydrogen-bond donors (Lipinski definition) is 0. The maximum Gasteiger partial charge on any atom is 0.494 e. The van der Waals surface area contributed by atoms with Crippen molar-refractivity contribution in [3.63, 3.8) is 0 Å². The smallest absolute Gasteiger partial charge is 0.399 e. The molecule has 1 unspecified atom stereocenters. The van der Waals surface area contributed by atoms with Crippen molar-refractivity contribution < 1.29 is 14.1 Å². The van der Waals surface area contributed by atoms with Crippen molar-refractivity contribution in [2.75, 3.05) is 0 Å². The number of rotatable bonds is 3. The number of aryl methyl sites for hydroxylation is 1. The number of benzene rings is 1. The van der Waals surface area contributed by atoms with Crippen LogP contribution in [0.3, 0.4) is 0 Å². The van der Waals surface area contributed by atoms with E-state index in [-0.39, 0.29) is 24.2 Å². The summed E-state index contributed by atoms with van der Waals surface area (Å²) >= 11 is 0. The first kappa shape index (κ1) is 15.3. The zero-order chi connectivity index (χ0) is 15.1. The first-order chi connectivity index (χ1) is 9.18. The molecule has 3 nitrogen and oxygen atoms in total. The Hall–Kier alpha value is -1.13. The van der Waals surface area contributed by atoms with E-state index in [1.165, 1.54) is 0 Å². The Morgan fingerprint density at radius 2 is 1.70 bits per heavy atom. The van der Waals surface area contributed by atoms with Crippen LogP contribution in [0.25, 0.3) is 0 Å². The largest absolute Gasteiger partial charge is 0.494 e. The molecule has 0 N–H and O–H groups in total. The molecule has 0 bridgehead atoms. The monoisotopic (exact) mass is 274 g/mol. The summed E-state index contributed by atoms with van der Waals surface area (Å²) in [6, 6.07) is 6.06. The first-order valence-electron chi connectivity index (χ1n) is 7.09. The van der Waals surface area contributed by atoms with Crippen LogP contribution in [0.2, 0.25) is 0 Å². The standard InChI is InChI=1S/C16H23BO3/c1-11-7-8-13(9-14(11)12(2)10-18)17-19-15(3,4)16(5,6)20-17/h7-10,12H,1-6H3. The van der Waals surface area contributed by atoms with E-state index in [0.717, 1.165) is 22.9 Å². The number of aldehydes is 1. The molecule has 1 aromatic rings. The Morgan fingerprint density at radius 3 is 2.20 bits per heavy atom. The van der Waals surface area contributed by atoms with Crippen molar-refractivity contribution in [3.05, 3.63) is 29.3 Å². The molecule has 0 saturated carbocycles. The van der Waals surface area contributed by atoms with Crippen LogP contribution in [0.1, 0.15) is 51.7 Å². The van der Waals surface area contributed by atoms with E-state index >= 15 is 0 Å². The highest BCUT2D eigenvalue weighted by Gasteiger charge is 2.51. The van der Waals surface area contributed by atoms with Crippen LogP contribution >= 0.6 is 0 Å². The third-order valence-corrected chi connectivity index (χ3v) is 4.52. The molecular weight excluding hydrogens is 251 g/mol. The van der Waals surface area contributed by atoms with E-state index < -0.39 is 0 Å². The minimum absolute atomic E-state index is 0.114. The molecule has 1 heterocycles. The van der Waals surface area contributed by atoms with Gasteiger partial charge in [0.2, 0.25) is 0 Å². The molecule has 0 aromatic heterocycles. The average molecular weight is 274 g/mol. The molecule has 1 aromatic carbocycles. The molecule has 4 heteroatoms. The van der Waals surface area contributed by atoms with Gasteiger partial charge in [-0.2, -0.15) is 0 Å². The number of carbonyl (C=O) groups is 1. The van der Waals surface area contributed by atoms with Gasteiger partial charge in [-0.15, -0.1) is 0 Å². The van der Waals surface area contributed by atoms with Gasteiger partial charge in [-0.25, -0.2) is 0 Å². The van der Waals surface area contributed by atoms with Crippen molar-refractivity contribution in [1.82, 2.24) is 0 Å². The molecule has 1 saturated heterocycles. The maximum atomic E-state index is 11.0. The highest BCUT2D eigenvalue weighted by molar-refractivity contribution is 6.62. The highest BCUT2D eigenvalue weighted by Crippen LogP contribution is 2.36. The van der Waals surface area contributed by atoms with E-state index in [4.69, 9.17) is 9.31 Å². The Balaban J connectivity index is 2.34. The highest BCUT2D eigenvalue weighted by atomic mass is 16.7. The Kier molecular flexibility index (Phi) is 3.82. The summed E-state index contributed by atoms with van der Waals surface area (Å²) < 4.78 is 12.1. The molecule has 0 amide bonds. The van der Waals surface area contributed by atoms with Crippen molar-refractivity contribution >= 4 is 18.9 Å². The Labute approximate surface area is 121 Å². The summed E-state index contributed by atoms with van der Waals surface area (Å²) in [6.07, 6.45) is 0.969. The fourth-order valence-corrected chi connectivity index (χ4v) is 2.35. The molecule has 1 atom stereocenters. The molecule has 1 fully saturated rings. The second-order valence-electron chi connectivity index (χ2n) is 6.63. The van der Waals surface area contributed by atoms with Gasteiger partial charge in [0, 0.05) is 5.92 Å². The van der Waals surface area contributed by atoms with Gasteiger partial charge in [0.05, 0.1) is 11.2 Å². The first-order valence-corrected chi connectivity index (χ1v) is 7.09. The van der Waals surface area contributed by atoms with Crippen LogP contribution in [0, 0.1) is 6.92 Å². The quantitative estimate of drug-likeness (QED) is 0.627. The fraction of sp³-hybridized carbons (Fsp3) is 0.562. The van der Waals surface area contributed by atoms with Crippen molar-refractivity contribution in [1.29, 1.82) is 0 Å². The van der Waals surface area contributed by atoms with Crippen LogP contribution in [-0.2, 0) is 14.1 Å². The van der Waals surface area contributed by atoms with Crippen LogP contribution in [0.15, 0.2) is 18.2 Å². The van der Waals surface area contributed by atoms with Gasteiger partial charge in [-0.3, -0.25) is 0 Å². The minimum Gasteiger partial charge on any atom is -0.399 e. The molecule has 0 aliphatic carbocycles. The number of hydrogen-bond acceptors (Lipinski definition) is 3. The van der Waals surface area contributed by atoms with Gasteiger partial charge >= 0.3 is 7.12 Å². The topological polar surface area (TPSA) is 35.5 Å². The summed E-state index contributed by atoms with van der Waals surface area (Å²) in [5, 5.41) is 0. The van der Waals surface area contributed by atoms with Gasteiger partial charge in [0.1, 0.15) is 6.29 Å². The van der Waals surface area contributed by atoms with Crippen LogP contribution < -0.4 is 5.46 Å². The SMILES string of the molecule is Cc1ccc(B2OC(C)(C)C(C)(C)O2)cc1C(C)C=O. The third-order valence-electron chi connectivity index (χ3n) is 4.52. The lowest BCUT2D eigenvalue weighted by Gasteiger charge is -2.32. The van der Waals surface area contributed by atoms with Crippen LogP contribution in [-0.4, -0.2) is 24.6 Å². The second kappa shape index (κ2) is 5.01. The Morgan fingerprint density at radius 1 is 1.15 bits per heavy atom. The zero-order valence-corrected chi connectivity index (χ0v) is 13.2. The lowest BCUT2D eigenvalue weighted by atomic mass is 9.76. The van der Waals surface area contributed by atoms with Gasteiger partial charge in [-0.1, -0.05) is 25.1 Å². The van der Waals surface area contributed by atoms with E-state index in [1.807, 2.05) is 59.7 Å². The third kappa shape index (κ3) is 2.55. The molecule has 108 valence electrons. The summed E-state index contributed by atoms with van der Waals surface area (Å²) in [6.45, 7) is 12.1. The van der Waals surface area contributed by atoms with Gasteiger partial charge in [0.15, 0.2) is 0 Å². The minimum atomic E-state index is -0.377. The van der Waals surface area contributed by atoms with Gasteiger partial charge in [0.25, 0.3) is 0 Å². The Bertz CT molecular complexity index is 506. The van der Waals surface area contributed by atoms with Crippen molar-refractivity contribution in [2.45, 2.75) is 58.7 Å². The summed E-state index contributed by atoms with van der Waals surface area (Å²) in [5.41, 5.74) is 2.42. The lowest BCUT2D eigenvalue weighted by molar-refractivity contribution is -0.108. The zero-order valence-electron chi connectivity index (χ0n) is 13.2. The van der Waals surface area contributed by atoms with Crippen LogP contribution in [0.5, 0.6) is 0 Å². The normalized spacial score (nSPS) is 21.8. The molecule has 0 radical (unpaired) electrons. The molecular formula is C16H23BO3. The van der Waals surface area contributed by atoms with E-state index in [2.05, 4.69) is 0 Å².